The molecule has 66 valence electrons. The van der Waals surface area contributed by atoms with Crippen molar-refractivity contribution in [3.63, 3.8) is 0 Å². The summed E-state index contributed by atoms with van der Waals surface area (Å²) in [6.07, 6.45) is 7.59. The molecule has 0 radical (unpaired) electrons. The van der Waals surface area contributed by atoms with E-state index in [1.165, 1.54) is 12.8 Å². The summed E-state index contributed by atoms with van der Waals surface area (Å²) in [6, 6.07) is 0. The summed E-state index contributed by atoms with van der Waals surface area (Å²) in [6.45, 7) is 1.67. The molecule has 0 aromatic heterocycles. The van der Waals surface area contributed by atoms with Crippen molar-refractivity contribution >= 4 is 5.91 Å². The van der Waals surface area contributed by atoms with Crippen LogP contribution in [-0.4, -0.2) is 25.5 Å². The van der Waals surface area contributed by atoms with Gasteiger partial charge in [0.25, 0.3) is 0 Å². The number of rotatable bonds is 5. The third kappa shape index (κ3) is 3.99. The van der Waals surface area contributed by atoms with E-state index < -0.39 is 0 Å². The maximum absolute atomic E-state index is 10.9. The van der Waals surface area contributed by atoms with Crippen LogP contribution in [0.15, 0.2) is 0 Å². The topological polar surface area (TPSA) is 41.1 Å². The summed E-state index contributed by atoms with van der Waals surface area (Å²) in [4.78, 5) is 10.9. The van der Waals surface area contributed by atoms with Crippen molar-refractivity contribution in [1.82, 2.24) is 10.6 Å². The molecule has 0 aromatic carbocycles. The van der Waals surface area contributed by atoms with E-state index in [1.807, 2.05) is 0 Å². The van der Waals surface area contributed by atoms with Crippen LogP contribution >= 0.6 is 0 Å². The van der Waals surface area contributed by atoms with E-state index >= 15 is 0 Å². The highest BCUT2D eigenvalue weighted by Crippen LogP contribution is 2.27. The normalized spacial score (nSPS) is 15.2. The average Bonchev–Trinajstić information content (AvgIpc) is 2.84. The number of amides is 1. The van der Waals surface area contributed by atoms with Gasteiger partial charge >= 0.3 is 0 Å². The summed E-state index contributed by atoms with van der Waals surface area (Å²) < 4.78 is 0. The molecule has 2 N–H and O–H groups in total. The Morgan fingerprint density at radius 3 is 2.92 bits per heavy atom. The van der Waals surface area contributed by atoms with Crippen LogP contribution in [0.4, 0.5) is 0 Å². The van der Waals surface area contributed by atoms with Crippen LogP contribution < -0.4 is 10.6 Å². The second-order valence-corrected chi connectivity index (χ2v) is 3.06. The molecule has 0 heterocycles. The molecule has 1 amide bonds. The molecular weight excluding hydrogens is 152 g/mol. The van der Waals surface area contributed by atoms with Gasteiger partial charge in [0.2, 0.25) is 5.91 Å². The predicted octanol–water partition coefficient (Wildman–Crippen LogP) is -0.265. The standard InChI is InChI=1S/C9H14N2O/c1-2-5-11-9(12)7-10-6-8-3-4-8/h1,8,10H,3-7H2,(H,11,12). The van der Waals surface area contributed by atoms with Gasteiger partial charge in [0.05, 0.1) is 13.1 Å². The number of nitrogens with one attached hydrogen (secondary N) is 2. The zero-order chi connectivity index (χ0) is 8.81. The summed E-state index contributed by atoms with van der Waals surface area (Å²) in [5, 5.41) is 5.66. The highest BCUT2D eigenvalue weighted by atomic mass is 16.1. The monoisotopic (exact) mass is 166 g/mol. The van der Waals surface area contributed by atoms with E-state index in [-0.39, 0.29) is 5.91 Å². The first-order valence-corrected chi connectivity index (χ1v) is 4.24. The first-order valence-electron chi connectivity index (χ1n) is 4.24. The minimum atomic E-state index is -0.0198. The Kier molecular flexibility index (Phi) is 3.62. The molecule has 0 aromatic rings. The smallest absolute Gasteiger partial charge is 0.234 e. The molecule has 0 saturated heterocycles. The van der Waals surface area contributed by atoms with Crippen LogP contribution in [0.3, 0.4) is 0 Å². The molecule has 0 aliphatic heterocycles. The number of carbonyl (C=O) groups is 1. The SMILES string of the molecule is C#CCNC(=O)CNCC1CC1. The fraction of sp³-hybridized carbons (Fsp3) is 0.667. The van der Waals surface area contributed by atoms with Crippen molar-refractivity contribution in [2.75, 3.05) is 19.6 Å². The number of carbonyl (C=O) groups excluding carboxylic acids is 1. The first kappa shape index (κ1) is 9.08. The van der Waals surface area contributed by atoms with Crippen LogP contribution in [0.25, 0.3) is 0 Å². The molecule has 1 aliphatic carbocycles. The quantitative estimate of drug-likeness (QED) is 0.552. The average molecular weight is 166 g/mol. The van der Waals surface area contributed by atoms with Crippen molar-refractivity contribution in [2.24, 2.45) is 5.92 Å². The molecule has 3 nitrogen and oxygen atoms in total. The molecule has 3 heteroatoms. The summed E-state index contributed by atoms with van der Waals surface area (Å²) >= 11 is 0. The van der Waals surface area contributed by atoms with E-state index in [2.05, 4.69) is 16.6 Å². The maximum atomic E-state index is 10.9. The summed E-state index contributed by atoms with van der Waals surface area (Å²) in [5.74, 6) is 3.14. The largest absolute Gasteiger partial charge is 0.344 e. The van der Waals surface area contributed by atoms with Crippen LogP contribution in [-0.2, 0) is 4.79 Å². The number of terminal acetylenes is 1. The van der Waals surface area contributed by atoms with Gasteiger partial charge in [-0.25, -0.2) is 0 Å². The Labute approximate surface area is 72.9 Å². The van der Waals surface area contributed by atoms with Gasteiger partial charge in [0.1, 0.15) is 0 Å². The molecule has 1 fully saturated rings. The third-order valence-corrected chi connectivity index (χ3v) is 1.80. The van der Waals surface area contributed by atoms with E-state index in [4.69, 9.17) is 6.42 Å². The van der Waals surface area contributed by atoms with Crippen LogP contribution in [0.5, 0.6) is 0 Å². The van der Waals surface area contributed by atoms with Gasteiger partial charge in [0, 0.05) is 0 Å². The summed E-state index contributed by atoms with van der Waals surface area (Å²) in [5.41, 5.74) is 0. The fourth-order valence-corrected chi connectivity index (χ4v) is 0.924. The Bertz CT molecular complexity index is 191. The van der Waals surface area contributed by atoms with Crippen molar-refractivity contribution < 1.29 is 4.79 Å². The second kappa shape index (κ2) is 4.78. The zero-order valence-electron chi connectivity index (χ0n) is 7.10. The molecule has 0 spiro atoms. The number of hydrogen-bond acceptors (Lipinski definition) is 2. The molecule has 12 heavy (non-hydrogen) atoms. The zero-order valence-corrected chi connectivity index (χ0v) is 7.10. The first-order chi connectivity index (χ1) is 5.83. The molecule has 0 unspecified atom stereocenters. The minimum Gasteiger partial charge on any atom is -0.344 e. The summed E-state index contributed by atoms with van der Waals surface area (Å²) in [7, 11) is 0. The molecule has 1 aliphatic rings. The van der Waals surface area contributed by atoms with Gasteiger partial charge in [-0.05, 0) is 25.3 Å². The Hall–Kier alpha value is -1.01. The highest BCUT2D eigenvalue weighted by Gasteiger charge is 2.20. The van der Waals surface area contributed by atoms with E-state index in [0.29, 0.717) is 13.1 Å². The van der Waals surface area contributed by atoms with Crippen molar-refractivity contribution in [3.05, 3.63) is 0 Å². The van der Waals surface area contributed by atoms with Crippen LogP contribution in [0, 0.1) is 18.3 Å². The molecule has 0 bridgehead atoms. The molecule has 0 atom stereocenters. The number of hydrogen-bond donors (Lipinski definition) is 2. The molecule has 1 saturated carbocycles. The maximum Gasteiger partial charge on any atom is 0.234 e. The van der Waals surface area contributed by atoms with Gasteiger partial charge in [-0.1, -0.05) is 5.92 Å². The second-order valence-electron chi connectivity index (χ2n) is 3.06. The third-order valence-electron chi connectivity index (χ3n) is 1.80. The van der Waals surface area contributed by atoms with Gasteiger partial charge in [0.15, 0.2) is 0 Å². The van der Waals surface area contributed by atoms with Gasteiger partial charge < -0.3 is 10.6 Å². The lowest BCUT2D eigenvalue weighted by Gasteiger charge is -2.02. The Balaban J connectivity index is 1.90. The lowest BCUT2D eigenvalue weighted by Crippen LogP contribution is -2.34. The Morgan fingerprint density at radius 1 is 1.58 bits per heavy atom. The highest BCUT2D eigenvalue weighted by molar-refractivity contribution is 5.78. The molecular formula is C9H14N2O. The van der Waals surface area contributed by atoms with Crippen molar-refractivity contribution in [3.8, 4) is 12.3 Å². The lowest BCUT2D eigenvalue weighted by molar-refractivity contribution is -0.120. The fourth-order valence-electron chi connectivity index (χ4n) is 0.924. The van der Waals surface area contributed by atoms with Crippen molar-refractivity contribution in [1.29, 1.82) is 0 Å². The Morgan fingerprint density at radius 2 is 2.33 bits per heavy atom. The van der Waals surface area contributed by atoms with E-state index in [9.17, 15) is 4.79 Å². The van der Waals surface area contributed by atoms with E-state index in [0.717, 1.165) is 12.5 Å². The lowest BCUT2D eigenvalue weighted by atomic mass is 10.4. The van der Waals surface area contributed by atoms with E-state index in [1.54, 1.807) is 0 Å². The molecule has 1 rings (SSSR count). The van der Waals surface area contributed by atoms with Crippen LogP contribution in [0.2, 0.25) is 0 Å². The minimum absolute atomic E-state index is 0.0198. The van der Waals surface area contributed by atoms with Crippen LogP contribution in [0.1, 0.15) is 12.8 Å². The van der Waals surface area contributed by atoms with Gasteiger partial charge in [-0.2, -0.15) is 0 Å². The van der Waals surface area contributed by atoms with Crippen molar-refractivity contribution in [2.45, 2.75) is 12.8 Å². The van der Waals surface area contributed by atoms with Gasteiger partial charge in [-0.3, -0.25) is 4.79 Å². The van der Waals surface area contributed by atoms with Gasteiger partial charge in [-0.15, -0.1) is 6.42 Å². The predicted molar refractivity (Wildman–Crippen MR) is 47.4 cm³/mol.